The summed E-state index contributed by atoms with van der Waals surface area (Å²) in [6.07, 6.45) is 3.98. The van der Waals surface area contributed by atoms with Crippen LogP contribution in [0.3, 0.4) is 0 Å². The molecular formula is C24H21NO5. The lowest BCUT2D eigenvalue weighted by Crippen LogP contribution is -2.31. The first-order valence-electron chi connectivity index (χ1n) is 9.90. The number of imide groups is 1. The number of amides is 2. The highest BCUT2D eigenvalue weighted by Gasteiger charge is 2.47. The zero-order valence-electron chi connectivity index (χ0n) is 16.5. The molecule has 0 radical (unpaired) electrons. The number of hydrogen-bond acceptors (Lipinski definition) is 5. The minimum absolute atomic E-state index is 0.175. The Labute approximate surface area is 174 Å². The van der Waals surface area contributed by atoms with Crippen molar-refractivity contribution in [2.45, 2.75) is 25.9 Å². The molecule has 30 heavy (non-hydrogen) atoms. The van der Waals surface area contributed by atoms with Crippen LogP contribution in [0.5, 0.6) is 0 Å². The van der Waals surface area contributed by atoms with E-state index in [1.165, 1.54) is 19.1 Å². The lowest BCUT2D eigenvalue weighted by molar-refractivity contribution is -0.122. The standard InChI is InChI=1S/C24H21NO5/c1-15(21(26)16-8-3-2-4-9-16)30-24(29)17-10-7-11-18(14-17)25-22(27)19-12-5-6-13-20(19)23(25)28/h2-11,14-15,19-20H,12-13H2,1H3. The summed E-state index contributed by atoms with van der Waals surface area (Å²) in [4.78, 5) is 51.7. The molecule has 3 atom stereocenters. The van der Waals surface area contributed by atoms with Crippen LogP contribution in [-0.4, -0.2) is 29.7 Å². The number of carbonyl (C=O) groups is 4. The highest BCUT2D eigenvalue weighted by molar-refractivity contribution is 6.22. The summed E-state index contributed by atoms with van der Waals surface area (Å²) >= 11 is 0. The highest BCUT2D eigenvalue weighted by atomic mass is 16.5. The maximum Gasteiger partial charge on any atom is 0.338 e. The summed E-state index contributed by atoms with van der Waals surface area (Å²) < 4.78 is 5.33. The second kappa shape index (κ2) is 8.06. The quantitative estimate of drug-likeness (QED) is 0.330. The van der Waals surface area contributed by atoms with Crippen molar-refractivity contribution in [3.8, 4) is 0 Å². The average Bonchev–Trinajstić information content (AvgIpc) is 3.04. The van der Waals surface area contributed by atoms with Crippen LogP contribution in [0.1, 0.15) is 40.5 Å². The van der Waals surface area contributed by atoms with Gasteiger partial charge >= 0.3 is 5.97 Å². The Hall–Kier alpha value is -3.54. The van der Waals surface area contributed by atoms with Crippen molar-refractivity contribution in [2.24, 2.45) is 11.8 Å². The van der Waals surface area contributed by atoms with E-state index < -0.39 is 12.1 Å². The summed E-state index contributed by atoms with van der Waals surface area (Å²) in [6.45, 7) is 1.52. The number of carbonyl (C=O) groups excluding carboxylic acids is 4. The lowest BCUT2D eigenvalue weighted by atomic mass is 9.85. The molecule has 2 amide bonds. The van der Waals surface area contributed by atoms with E-state index in [1.54, 1.807) is 42.5 Å². The minimum Gasteiger partial charge on any atom is -0.451 e. The van der Waals surface area contributed by atoms with Crippen LogP contribution >= 0.6 is 0 Å². The van der Waals surface area contributed by atoms with Gasteiger partial charge in [-0.3, -0.25) is 19.3 Å². The first-order chi connectivity index (χ1) is 14.5. The summed E-state index contributed by atoms with van der Waals surface area (Å²) in [6, 6.07) is 14.8. The SMILES string of the molecule is CC(OC(=O)c1cccc(N2C(=O)C3CC=CCC3C2=O)c1)C(=O)c1ccccc1. The van der Waals surface area contributed by atoms with Crippen LogP contribution in [0.15, 0.2) is 66.7 Å². The number of allylic oxidation sites excluding steroid dienone is 2. The van der Waals surface area contributed by atoms with Gasteiger partial charge < -0.3 is 4.74 Å². The Bertz CT molecular complexity index is 1020. The van der Waals surface area contributed by atoms with Crippen LogP contribution < -0.4 is 4.90 Å². The topological polar surface area (TPSA) is 80.8 Å². The third kappa shape index (κ3) is 3.56. The van der Waals surface area contributed by atoms with Crippen molar-refractivity contribution in [1.82, 2.24) is 0 Å². The zero-order valence-corrected chi connectivity index (χ0v) is 16.5. The molecule has 2 aliphatic rings. The third-order valence-electron chi connectivity index (χ3n) is 5.56. The molecule has 2 aromatic rings. The number of esters is 1. The molecule has 2 aromatic carbocycles. The average molecular weight is 403 g/mol. The van der Waals surface area contributed by atoms with E-state index in [4.69, 9.17) is 4.74 Å². The number of benzene rings is 2. The molecule has 1 saturated heterocycles. The van der Waals surface area contributed by atoms with E-state index in [9.17, 15) is 19.2 Å². The predicted octanol–water partition coefficient (Wildman–Crippen LogP) is 3.57. The van der Waals surface area contributed by atoms with E-state index in [0.717, 1.165) is 4.90 Å². The van der Waals surface area contributed by atoms with Crippen LogP contribution in [0, 0.1) is 11.8 Å². The van der Waals surface area contributed by atoms with E-state index >= 15 is 0 Å². The van der Waals surface area contributed by atoms with Crippen molar-refractivity contribution in [3.05, 3.63) is 77.9 Å². The first-order valence-corrected chi connectivity index (χ1v) is 9.90. The van der Waals surface area contributed by atoms with E-state index in [2.05, 4.69) is 0 Å². The van der Waals surface area contributed by atoms with Gasteiger partial charge in [0, 0.05) is 5.56 Å². The maximum absolute atomic E-state index is 12.8. The Morgan fingerprint density at radius 2 is 1.50 bits per heavy atom. The summed E-state index contributed by atoms with van der Waals surface area (Å²) in [5.41, 5.74) is 0.973. The zero-order chi connectivity index (χ0) is 21.3. The van der Waals surface area contributed by atoms with Gasteiger partial charge in [0.15, 0.2) is 6.10 Å². The molecule has 6 heteroatoms. The van der Waals surface area contributed by atoms with Crippen LogP contribution in [0.2, 0.25) is 0 Å². The largest absolute Gasteiger partial charge is 0.451 e. The van der Waals surface area contributed by atoms with Gasteiger partial charge in [0.1, 0.15) is 0 Å². The van der Waals surface area contributed by atoms with Crippen molar-refractivity contribution in [2.75, 3.05) is 4.90 Å². The number of ether oxygens (including phenoxy) is 1. The van der Waals surface area contributed by atoms with Crippen LogP contribution in [0.4, 0.5) is 5.69 Å². The molecule has 0 N–H and O–H groups in total. The van der Waals surface area contributed by atoms with Crippen LogP contribution in [0.25, 0.3) is 0 Å². The fraction of sp³-hybridized carbons (Fsp3) is 0.250. The maximum atomic E-state index is 12.8. The number of Topliss-reactive ketones (excluding diaryl/α,β-unsaturated/α-hetero) is 1. The van der Waals surface area contributed by atoms with E-state index in [0.29, 0.717) is 24.1 Å². The molecule has 1 aliphatic heterocycles. The predicted molar refractivity (Wildman–Crippen MR) is 110 cm³/mol. The van der Waals surface area contributed by atoms with Crippen LogP contribution in [-0.2, 0) is 14.3 Å². The van der Waals surface area contributed by atoms with Gasteiger partial charge in [-0.25, -0.2) is 4.79 Å². The van der Waals surface area contributed by atoms with E-state index in [-0.39, 0.29) is 35.0 Å². The molecule has 6 nitrogen and oxygen atoms in total. The number of rotatable bonds is 5. The first kappa shape index (κ1) is 19.8. The molecule has 1 fully saturated rings. The third-order valence-corrected chi connectivity index (χ3v) is 5.56. The van der Waals surface area contributed by atoms with Gasteiger partial charge in [0.05, 0.1) is 23.1 Å². The molecule has 3 unspecified atom stereocenters. The normalized spacial score (nSPS) is 21.3. The second-order valence-corrected chi connectivity index (χ2v) is 7.50. The fourth-order valence-electron chi connectivity index (χ4n) is 3.95. The molecule has 152 valence electrons. The van der Waals surface area contributed by atoms with Crippen molar-refractivity contribution >= 4 is 29.3 Å². The molecule has 1 heterocycles. The molecule has 0 bridgehead atoms. The summed E-state index contributed by atoms with van der Waals surface area (Å²) in [5.74, 6) is -2.17. The highest BCUT2D eigenvalue weighted by Crippen LogP contribution is 2.37. The lowest BCUT2D eigenvalue weighted by Gasteiger charge is -2.16. The van der Waals surface area contributed by atoms with Crippen molar-refractivity contribution < 1.29 is 23.9 Å². The second-order valence-electron chi connectivity index (χ2n) is 7.50. The molecule has 4 rings (SSSR count). The Balaban J connectivity index is 1.51. The number of fused-ring (bicyclic) bond motifs is 1. The van der Waals surface area contributed by atoms with Gasteiger partial charge in [0.2, 0.25) is 17.6 Å². The molecular weight excluding hydrogens is 382 g/mol. The molecule has 0 saturated carbocycles. The summed E-state index contributed by atoms with van der Waals surface area (Å²) in [5, 5.41) is 0. The van der Waals surface area contributed by atoms with Gasteiger partial charge in [0.25, 0.3) is 0 Å². The monoisotopic (exact) mass is 403 g/mol. The minimum atomic E-state index is -0.965. The smallest absolute Gasteiger partial charge is 0.338 e. The Morgan fingerprint density at radius 3 is 2.13 bits per heavy atom. The van der Waals surface area contributed by atoms with E-state index in [1.807, 2.05) is 12.2 Å². The number of hydrogen-bond donors (Lipinski definition) is 0. The Morgan fingerprint density at radius 1 is 0.900 bits per heavy atom. The molecule has 0 spiro atoms. The molecule has 1 aliphatic carbocycles. The fourth-order valence-corrected chi connectivity index (χ4v) is 3.95. The Kier molecular flexibility index (Phi) is 5.31. The van der Waals surface area contributed by atoms with Gasteiger partial charge in [-0.2, -0.15) is 0 Å². The van der Waals surface area contributed by atoms with Crippen molar-refractivity contribution in [3.63, 3.8) is 0 Å². The summed E-state index contributed by atoms with van der Waals surface area (Å²) in [7, 11) is 0. The van der Waals surface area contributed by atoms with Crippen molar-refractivity contribution in [1.29, 1.82) is 0 Å². The molecule has 0 aromatic heterocycles. The number of anilines is 1. The number of ketones is 1. The van der Waals surface area contributed by atoms with Gasteiger partial charge in [-0.15, -0.1) is 0 Å². The number of nitrogens with zero attached hydrogens (tertiary/aromatic N) is 1. The van der Waals surface area contributed by atoms with Gasteiger partial charge in [-0.1, -0.05) is 48.6 Å². The van der Waals surface area contributed by atoms with Gasteiger partial charge in [-0.05, 0) is 38.0 Å².